The van der Waals surface area contributed by atoms with E-state index in [2.05, 4.69) is 10.2 Å². The number of fused-ring (bicyclic) bond motifs is 1. The summed E-state index contributed by atoms with van der Waals surface area (Å²) < 4.78 is 0. The van der Waals surface area contributed by atoms with Crippen LogP contribution in [-0.2, 0) is 0 Å². The Morgan fingerprint density at radius 1 is 1.35 bits per heavy atom. The zero-order valence-corrected chi connectivity index (χ0v) is 10.3. The van der Waals surface area contributed by atoms with Crippen LogP contribution in [0, 0.1) is 5.92 Å². The quantitative estimate of drug-likeness (QED) is 0.702. The normalized spacial score (nSPS) is 38.3. The topological polar surface area (TPSA) is 61.6 Å². The van der Waals surface area contributed by atoms with Crippen LogP contribution in [0.25, 0.3) is 0 Å². The number of amides is 2. The van der Waals surface area contributed by atoms with Crippen molar-refractivity contribution in [3.63, 3.8) is 0 Å². The zero-order chi connectivity index (χ0) is 11.8. The van der Waals surface area contributed by atoms with Crippen molar-refractivity contribution in [1.82, 2.24) is 15.1 Å². The van der Waals surface area contributed by atoms with Gasteiger partial charge in [-0.25, -0.2) is 4.79 Å². The van der Waals surface area contributed by atoms with Crippen LogP contribution in [-0.4, -0.2) is 60.6 Å². The molecule has 0 radical (unpaired) electrons. The summed E-state index contributed by atoms with van der Waals surface area (Å²) in [5.41, 5.74) is 5.86. The molecule has 3 N–H and O–H groups in total. The van der Waals surface area contributed by atoms with Crippen LogP contribution in [0.15, 0.2) is 0 Å². The Morgan fingerprint density at radius 2 is 2.24 bits per heavy atom. The number of piperazine rings is 1. The van der Waals surface area contributed by atoms with Gasteiger partial charge in [-0.2, -0.15) is 0 Å². The van der Waals surface area contributed by atoms with E-state index < -0.39 is 0 Å². The Hall–Kier alpha value is -0.810. The van der Waals surface area contributed by atoms with Gasteiger partial charge in [-0.15, -0.1) is 0 Å². The SMILES string of the molecule is NCC1CCCC1N1CCN2C(=O)NCC2C1. The largest absolute Gasteiger partial charge is 0.336 e. The fourth-order valence-corrected chi connectivity index (χ4v) is 3.70. The molecular weight excluding hydrogens is 216 g/mol. The Bertz CT molecular complexity index is 309. The van der Waals surface area contributed by atoms with Crippen LogP contribution >= 0.6 is 0 Å². The molecule has 1 saturated carbocycles. The molecule has 0 aromatic rings. The summed E-state index contributed by atoms with van der Waals surface area (Å²) in [5, 5.41) is 2.93. The lowest BCUT2D eigenvalue weighted by molar-refractivity contribution is 0.0740. The lowest BCUT2D eigenvalue weighted by Gasteiger charge is -2.41. The summed E-state index contributed by atoms with van der Waals surface area (Å²) in [6.45, 7) is 4.55. The lowest BCUT2D eigenvalue weighted by atomic mass is 10.0. The number of rotatable bonds is 2. The monoisotopic (exact) mass is 238 g/mol. The molecule has 0 aromatic heterocycles. The molecule has 2 heterocycles. The van der Waals surface area contributed by atoms with Crippen molar-refractivity contribution in [1.29, 1.82) is 0 Å². The summed E-state index contributed by atoms with van der Waals surface area (Å²) >= 11 is 0. The van der Waals surface area contributed by atoms with Crippen molar-refractivity contribution in [2.24, 2.45) is 11.7 Å². The van der Waals surface area contributed by atoms with Gasteiger partial charge in [-0.3, -0.25) is 4.90 Å². The molecule has 1 aliphatic carbocycles. The van der Waals surface area contributed by atoms with Gasteiger partial charge in [0.05, 0.1) is 6.04 Å². The Kier molecular flexibility index (Phi) is 2.96. The average molecular weight is 238 g/mol. The molecular formula is C12H22N4O. The first-order valence-corrected chi connectivity index (χ1v) is 6.78. The minimum Gasteiger partial charge on any atom is -0.336 e. The van der Waals surface area contributed by atoms with Gasteiger partial charge in [0.2, 0.25) is 0 Å². The van der Waals surface area contributed by atoms with Gasteiger partial charge < -0.3 is 16.0 Å². The van der Waals surface area contributed by atoms with Crippen molar-refractivity contribution in [3.8, 4) is 0 Å². The minimum absolute atomic E-state index is 0.122. The third-order valence-corrected chi connectivity index (χ3v) is 4.65. The highest BCUT2D eigenvalue weighted by atomic mass is 16.2. The van der Waals surface area contributed by atoms with E-state index in [0.29, 0.717) is 18.0 Å². The fraction of sp³-hybridized carbons (Fsp3) is 0.917. The summed E-state index contributed by atoms with van der Waals surface area (Å²) in [6.07, 6.45) is 3.88. The zero-order valence-electron chi connectivity index (χ0n) is 10.3. The molecule has 3 unspecified atom stereocenters. The van der Waals surface area contributed by atoms with Gasteiger partial charge in [-0.1, -0.05) is 6.42 Å². The fourth-order valence-electron chi connectivity index (χ4n) is 3.70. The molecule has 0 spiro atoms. The number of urea groups is 1. The van der Waals surface area contributed by atoms with E-state index in [0.717, 1.165) is 32.7 Å². The van der Waals surface area contributed by atoms with Crippen molar-refractivity contribution in [2.45, 2.75) is 31.3 Å². The summed E-state index contributed by atoms with van der Waals surface area (Å²) in [5.74, 6) is 0.673. The summed E-state index contributed by atoms with van der Waals surface area (Å²) in [6, 6.07) is 1.17. The predicted octanol–water partition coefficient (Wildman–Crippen LogP) is -0.177. The number of nitrogens with zero attached hydrogens (tertiary/aromatic N) is 2. The molecule has 96 valence electrons. The second-order valence-electron chi connectivity index (χ2n) is 5.52. The number of carbonyl (C=O) groups is 1. The first kappa shape index (κ1) is 11.3. The molecule has 3 atom stereocenters. The molecule has 0 aromatic carbocycles. The van der Waals surface area contributed by atoms with Gasteiger partial charge in [0.25, 0.3) is 0 Å². The average Bonchev–Trinajstić information content (AvgIpc) is 2.96. The van der Waals surface area contributed by atoms with E-state index in [-0.39, 0.29) is 6.03 Å². The maximum atomic E-state index is 11.5. The molecule has 2 saturated heterocycles. The third kappa shape index (κ3) is 1.91. The maximum Gasteiger partial charge on any atom is 0.317 e. The number of nitrogens with one attached hydrogen (secondary N) is 1. The summed E-state index contributed by atoms with van der Waals surface area (Å²) in [4.78, 5) is 16.1. The molecule has 5 heteroatoms. The van der Waals surface area contributed by atoms with Crippen molar-refractivity contribution in [3.05, 3.63) is 0 Å². The van der Waals surface area contributed by atoms with E-state index in [4.69, 9.17) is 5.73 Å². The molecule has 5 nitrogen and oxygen atoms in total. The van der Waals surface area contributed by atoms with Crippen LogP contribution in [0.4, 0.5) is 4.79 Å². The number of carbonyl (C=O) groups excluding carboxylic acids is 1. The van der Waals surface area contributed by atoms with Crippen molar-refractivity contribution >= 4 is 6.03 Å². The highest BCUT2D eigenvalue weighted by molar-refractivity contribution is 5.77. The minimum atomic E-state index is 0.122. The van der Waals surface area contributed by atoms with Crippen molar-refractivity contribution in [2.75, 3.05) is 32.7 Å². The Labute approximate surface area is 102 Å². The second kappa shape index (κ2) is 4.46. The standard InChI is InChI=1S/C12H22N4O/c13-6-9-2-1-3-11(9)15-4-5-16-10(8-15)7-14-12(16)17/h9-11H,1-8,13H2,(H,14,17). The maximum absolute atomic E-state index is 11.5. The highest BCUT2D eigenvalue weighted by Gasteiger charge is 2.40. The third-order valence-electron chi connectivity index (χ3n) is 4.65. The van der Waals surface area contributed by atoms with Crippen LogP contribution in [0.1, 0.15) is 19.3 Å². The van der Waals surface area contributed by atoms with Gasteiger partial charge in [0, 0.05) is 32.2 Å². The lowest BCUT2D eigenvalue weighted by Crippen LogP contribution is -2.56. The second-order valence-corrected chi connectivity index (χ2v) is 5.52. The van der Waals surface area contributed by atoms with E-state index in [1.807, 2.05) is 4.90 Å². The van der Waals surface area contributed by atoms with Crippen LogP contribution in [0.5, 0.6) is 0 Å². The molecule has 3 rings (SSSR count). The van der Waals surface area contributed by atoms with Gasteiger partial charge in [-0.05, 0) is 25.3 Å². The molecule has 0 bridgehead atoms. The van der Waals surface area contributed by atoms with E-state index in [1.165, 1.54) is 19.3 Å². The van der Waals surface area contributed by atoms with Crippen LogP contribution in [0.2, 0.25) is 0 Å². The Morgan fingerprint density at radius 3 is 3.06 bits per heavy atom. The van der Waals surface area contributed by atoms with Gasteiger partial charge in [0.1, 0.15) is 0 Å². The van der Waals surface area contributed by atoms with Crippen molar-refractivity contribution < 1.29 is 4.79 Å². The number of hydrogen-bond acceptors (Lipinski definition) is 3. The van der Waals surface area contributed by atoms with Crippen LogP contribution in [0.3, 0.4) is 0 Å². The van der Waals surface area contributed by atoms with E-state index >= 15 is 0 Å². The van der Waals surface area contributed by atoms with Gasteiger partial charge in [0.15, 0.2) is 0 Å². The smallest absolute Gasteiger partial charge is 0.317 e. The Balaban J connectivity index is 1.65. The first-order chi connectivity index (χ1) is 8.29. The number of nitrogens with two attached hydrogens (primary N) is 1. The number of hydrogen-bond donors (Lipinski definition) is 2. The van der Waals surface area contributed by atoms with E-state index in [1.54, 1.807) is 0 Å². The molecule has 2 amide bonds. The molecule has 3 aliphatic rings. The predicted molar refractivity (Wildman–Crippen MR) is 65.6 cm³/mol. The summed E-state index contributed by atoms with van der Waals surface area (Å²) in [7, 11) is 0. The molecule has 17 heavy (non-hydrogen) atoms. The molecule has 2 aliphatic heterocycles. The molecule has 3 fully saturated rings. The highest BCUT2D eigenvalue weighted by Crippen LogP contribution is 2.31. The van der Waals surface area contributed by atoms with Crippen LogP contribution < -0.4 is 11.1 Å². The van der Waals surface area contributed by atoms with Gasteiger partial charge >= 0.3 is 6.03 Å². The van der Waals surface area contributed by atoms with E-state index in [9.17, 15) is 4.79 Å². The first-order valence-electron chi connectivity index (χ1n) is 6.78.